The number of aromatic nitrogens is 3. The Bertz CT molecular complexity index is 2240. The number of rotatable bonds is 4. The van der Waals surface area contributed by atoms with E-state index in [1.807, 2.05) is 29.7 Å². The molecule has 6 aromatic rings. The zero-order valence-corrected chi connectivity index (χ0v) is 22.0. The largest absolute Gasteiger partial charge is 0.437 e. The lowest BCUT2D eigenvalue weighted by Gasteiger charge is -2.18. The average molecular weight is 514 g/mol. The van der Waals surface area contributed by atoms with Gasteiger partial charge in [0.05, 0.1) is 12.4 Å². The maximum Gasteiger partial charge on any atom is 0.299 e. The van der Waals surface area contributed by atoms with Gasteiger partial charge >= 0.3 is 0 Å². The number of aryl methyl sites for hydroxylation is 4. The van der Waals surface area contributed by atoms with E-state index in [1.165, 1.54) is 38.1 Å². The Balaban J connectivity index is 1.88. The molecule has 0 aliphatic heterocycles. The topological polar surface area (TPSA) is 34.8 Å². The lowest BCUT2D eigenvalue weighted by Crippen LogP contribution is -2.30. The van der Waals surface area contributed by atoms with Gasteiger partial charge in [0.2, 0.25) is 5.71 Å². The molecule has 192 valence electrons. The van der Waals surface area contributed by atoms with E-state index in [1.54, 1.807) is 36.7 Å². The minimum Gasteiger partial charge on any atom is -0.437 e. The van der Waals surface area contributed by atoms with Crippen LogP contribution in [0.3, 0.4) is 0 Å². The number of hydrogen-bond acceptors (Lipinski definition) is 2. The van der Waals surface area contributed by atoms with Crippen molar-refractivity contribution in [2.75, 3.05) is 0 Å². The maximum absolute atomic E-state index is 9.24. The number of benzene rings is 3. The molecule has 0 fully saturated rings. The smallest absolute Gasteiger partial charge is 0.299 e. The first-order valence-electron chi connectivity index (χ1n) is 18.0. The molecule has 4 heteroatoms. The zero-order chi connectivity index (χ0) is 36.2. The molecule has 0 radical (unpaired) electrons. The highest BCUT2D eigenvalue weighted by Gasteiger charge is 2.33. The van der Waals surface area contributed by atoms with Crippen molar-refractivity contribution < 1.29 is 24.1 Å². The molecule has 0 saturated carbocycles. The quantitative estimate of drug-likeness (QED) is 0.221. The average Bonchev–Trinajstić information content (AvgIpc) is 3.49. The van der Waals surface area contributed by atoms with Gasteiger partial charge < -0.3 is 4.42 Å². The highest BCUT2D eigenvalue weighted by atomic mass is 16.3. The third-order valence-electron chi connectivity index (χ3n) is 7.25. The van der Waals surface area contributed by atoms with Gasteiger partial charge in [-0.25, -0.2) is 9.55 Å². The normalized spacial score (nSPS) is 20.5. The molecular formula is C34H36N3O+. The highest BCUT2D eigenvalue weighted by Crippen LogP contribution is 2.41. The molecule has 3 aromatic carbocycles. The Morgan fingerprint density at radius 2 is 1.68 bits per heavy atom. The van der Waals surface area contributed by atoms with Crippen molar-refractivity contribution in [3.63, 3.8) is 0 Å². The fourth-order valence-corrected chi connectivity index (χ4v) is 5.55. The number of pyridine rings is 1. The summed E-state index contributed by atoms with van der Waals surface area (Å²) in [4.78, 5) is 4.54. The van der Waals surface area contributed by atoms with Gasteiger partial charge in [-0.2, -0.15) is 4.57 Å². The Kier molecular flexibility index (Phi) is 3.46. The first-order chi connectivity index (χ1) is 22.5. The second kappa shape index (κ2) is 8.83. The monoisotopic (exact) mass is 513 g/mol. The van der Waals surface area contributed by atoms with Crippen LogP contribution >= 0.6 is 0 Å². The molecule has 0 saturated heterocycles. The van der Waals surface area contributed by atoms with E-state index in [2.05, 4.69) is 4.98 Å². The summed E-state index contributed by atoms with van der Waals surface area (Å²) < 4.78 is 103. The van der Waals surface area contributed by atoms with E-state index < -0.39 is 32.3 Å². The standard InChI is InChI=1S/C34H36N3O/c1-19(2)24-12-11-13-25(20(3)4)31(24)37-28-15-10-9-14-27(28)36(8)34(37)30-21(5)16-17-26-29-22(6)18-23(7)35-33(29)38-32(26)30/h9-20H,1-8H3/q+1/i1D3,3D3,6D3,19D,20D. The van der Waals surface area contributed by atoms with Gasteiger partial charge in [0.15, 0.2) is 16.6 Å². The van der Waals surface area contributed by atoms with Crippen LogP contribution in [-0.4, -0.2) is 9.55 Å². The number of nitrogens with zero attached hydrogens (tertiary/aromatic N) is 3. The van der Waals surface area contributed by atoms with Crippen LogP contribution in [0.15, 0.2) is 65.1 Å². The second-order valence-electron chi connectivity index (χ2n) is 9.89. The Labute approximate surface area is 240 Å². The van der Waals surface area contributed by atoms with Crippen LogP contribution in [0.4, 0.5) is 0 Å². The summed E-state index contributed by atoms with van der Waals surface area (Å²) in [5.41, 5.74) is 3.59. The van der Waals surface area contributed by atoms with Gasteiger partial charge in [-0.3, -0.25) is 0 Å². The van der Waals surface area contributed by atoms with Crippen LogP contribution < -0.4 is 4.57 Å². The number of hydrogen-bond donors (Lipinski definition) is 0. The molecule has 6 rings (SSSR count). The Morgan fingerprint density at radius 3 is 2.39 bits per heavy atom. The molecule has 4 nitrogen and oxygen atoms in total. The minimum absolute atomic E-state index is 0.00624. The SMILES string of the molecule is [2H]C([2H])([2H])c1cc(C)nc2oc3c(-c4n(-c5c(C([2H])(C)C([2H])([2H])[2H])cccc5C([2H])(C)C([2H])([2H])[2H])c5ccccc5[n+]4C)c(C)ccc3c12. The van der Waals surface area contributed by atoms with Crippen LogP contribution in [0, 0.1) is 20.7 Å². The summed E-state index contributed by atoms with van der Waals surface area (Å²) in [6.45, 7) is -2.07. The van der Waals surface area contributed by atoms with E-state index in [0.717, 1.165) is 0 Å². The number of furan rings is 1. The van der Waals surface area contributed by atoms with Gasteiger partial charge in [-0.15, -0.1) is 0 Å². The van der Waals surface area contributed by atoms with Crippen molar-refractivity contribution in [3.05, 3.63) is 88.6 Å². The van der Waals surface area contributed by atoms with Crippen LogP contribution in [0.25, 0.3) is 50.2 Å². The maximum atomic E-state index is 9.24. The van der Waals surface area contributed by atoms with E-state index >= 15 is 0 Å². The predicted molar refractivity (Wildman–Crippen MR) is 157 cm³/mol. The van der Waals surface area contributed by atoms with E-state index in [9.17, 15) is 2.74 Å². The van der Waals surface area contributed by atoms with Gasteiger partial charge in [-0.05, 0) is 61.8 Å². The van der Waals surface area contributed by atoms with Gasteiger partial charge in [0.25, 0.3) is 5.82 Å². The summed E-state index contributed by atoms with van der Waals surface area (Å²) in [6, 6.07) is 16.9. The van der Waals surface area contributed by atoms with Gasteiger partial charge in [-0.1, -0.05) is 70.0 Å². The molecule has 0 amide bonds. The van der Waals surface area contributed by atoms with Crippen molar-refractivity contribution in [1.29, 1.82) is 0 Å². The molecule has 0 spiro atoms. The number of para-hydroxylation sites is 3. The number of imidazole rings is 1. The lowest BCUT2D eigenvalue weighted by molar-refractivity contribution is -0.633. The second-order valence-corrected chi connectivity index (χ2v) is 9.89. The molecule has 38 heavy (non-hydrogen) atoms. The Hall–Kier alpha value is -3.92. The summed E-state index contributed by atoms with van der Waals surface area (Å²) in [5.74, 6) is -4.03. The fraction of sp³-hybridized carbons (Fsp3) is 0.294. The molecule has 2 unspecified atom stereocenters. The molecule has 2 atom stereocenters. The third kappa shape index (κ3) is 3.50. The molecule has 3 heterocycles. The van der Waals surface area contributed by atoms with Crippen LogP contribution in [0.1, 0.15) is 82.4 Å². The van der Waals surface area contributed by atoms with Crippen molar-refractivity contribution >= 4 is 33.1 Å². The summed E-state index contributed by atoms with van der Waals surface area (Å²) in [5, 5.41) is 0.843. The van der Waals surface area contributed by atoms with Crippen LogP contribution in [0.5, 0.6) is 0 Å². The Morgan fingerprint density at radius 1 is 0.947 bits per heavy atom. The molecule has 0 aliphatic rings. The first-order valence-corrected chi connectivity index (χ1v) is 12.5. The van der Waals surface area contributed by atoms with Gasteiger partial charge in [0.1, 0.15) is 11.3 Å². The molecule has 0 aliphatic carbocycles. The highest BCUT2D eigenvalue weighted by molar-refractivity contribution is 6.10. The fourth-order valence-electron chi connectivity index (χ4n) is 5.55. The lowest BCUT2D eigenvalue weighted by atomic mass is 9.92. The summed E-state index contributed by atoms with van der Waals surface area (Å²) in [6.07, 6.45) is 0. The van der Waals surface area contributed by atoms with E-state index in [-0.39, 0.29) is 28.1 Å². The van der Waals surface area contributed by atoms with Crippen molar-refractivity contribution in [2.24, 2.45) is 7.05 Å². The number of fused-ring (bicyclic) bond motifs is 4. The predicted octanol–water partition coefficient (Wildman–Crippen LogP) is 8.59. The zero-order valence-electron chi connectivity index (χ0n) is 33.0. The first kappa shape index (κ1) is 14.9. The van der Waals surface area contributed by atoms with E-state index in [0.29, 0.717) is 50.0 Å². The van der Waals surface area contributed by atoms with Crippen LogP contribution in [0.2, 0.25) is 0 Å². The summed E-state index contributed by atoms with van der Waals surface area (Å²) in [7, 11) is 1.81. The molecule has 3 aromatic heterocycles. The van der Waals surface area contributed by atoms with Crippen LogP contribution in [-0.2, 0) is 7.05 Å². The molecule has 0 bridgehead atoms. The van der Waals surface area contributed by atoms with Crippen molar-refractivity contribution in [3.8, 4) is 17.1 Å². The molecule has 0 N–H and O–H groups in total. The van der Waals surface area contributed by atoms with Crippen molar-refractivity contribution in [1.82, 2.24) is 9.55 Å². The molecular weight excluding hydrogens is 466 g/mol. The summed E-state index contributed by atoms with van der Waals surface area (Å²) >= 11 is 0. The third-order valence-corrected chi connectivity index (χ3v) is 7.25. The van der Waals surface area contributed by atoms with E-state index in [4.69, 9.17) is 16.8 Å². The van der Waals surface area contributed by atoms with Gasteiger partial charge in [0, 0.05) is 37.3 Å². The van der Waals surface area contributed by atoms with Crippen molar-refractivity contribution in [2.45, 2.75) is 60.0 Å². The minimum atomic E-state index is -2.84.